The molecule has 0 aliphatic rings. The number of benzene rings is 1. The van der Waals surface area contributed by atoms with Crippen LogP contribution in [0.3, 0.4) is 0 Å². The van der Waals surface area contributed by atoms with Gasteiger partial charge in [0.15, 0.2) is 11.6 Å². The van der Waals surface area contributed by atoms with Gasteiger partial charge in [0.1, 0.15) is 0 Å². The minimum absolute atomic E-state index is 0.0156. The van der Waals surface area contributed by atoms with E-state index < -0.39 is 23.2 Å². The third-order valence-corrected chi connectivity index (χ3v) is 2.83. The van der Waals surface area contributed by atoms with E-state index in [0.29, 0.717) is 5.69 Å². The first kappa shape index (κ1) is 13.9. The Morgan fingerprint density at radius 2 is 2.00 bits per heavy atom. The molecular weight excluding hydrogens is 266 g/mol. The van der Waals surface area contributed by atoms with Gasteiger partial charge in [0.2, 0.25) is 0 Å². The molecule has 0 aliphatic carbocycles. The average molecular weight is 278 g/mol. The molecule has 1 N–H and O–H groups in total. The van der Waals surface area contributed by atoms with Crippen molar-refractivity contribution in [2.24, 2.45) is 0 Å². The molecule has 0 fully saturated rings. The second kappa shape index (κ2) is 5.64. The lowest BCUT2D eigenvalue weighted by Gasteiger charge is -2.20. The van der Waals surface area contributed by atoms with Crippen LogP contribution in [0.2, 0.25) is 0 Å². The molecule has 2 rings (SSSR count). The van der Waals surface area contributed by atoms with E-state index in [4.69, 9.17) is 5.11 Å². The van der Waals surface area contributed by atoms with Gasteiger partial charge in [-0.2, -0.15) is 0 Å². The topological polar surface area (TPSA) is 53.4 Å². The van der Waals surface area contributed by atoms with E-state index >= 15 is 0 Å². The average Bonchev–Trinajstić information content (AvgIpc) is 2.42. The van der Waals surface area contributed by atoms with Crippen molar-refractivity contribution < 1.29 is 18.7 Å². The van der Waals surface area contributed by atoms with Crippen LogP contribution in [0.15, 0.2) is 36.5 Å². The number of rotatable bonds is 4. The van der Waals surface area contributed by atoms with E-state index in [0.717, 1.165) is 6.07 Å². The molecule has 0 amide bonds. The Kier molecular flexibility index (Phi) is 3.93. The van der Waals surface area contributed by atoms with Crippen molar-refractivity contribution in [3.8, 4) is 0 Å². The lowest BCUT2D eigenvalue weighted by molar-refractivity contribution is 0.0690. The van der Waals surface area contributed by atoms with Crippen molar-refractivity contribution in [2.75, 3.05) is 11.9 Å². The first-order valence-electron chi connectivity index (χ1n) is 5.83. The second-order valence-electron chi connectivity index (χ2n) is 4.24. The van der Waals surface area contributed by atoms with E-state index in [1.54, 1.807) is 31.4 Å². The summed E-state index contributed by atoms with van der Waals surface area (Å²) in [6.07, 6.45) is 1.60. The molecule has 6 heteroatoms. The number of halogens is 2. The number of carbonyl (C=O) groups is 1. The molecule has 0 aliphatic heterocycles. The van der Waals surface area contributed by atoms with E-state index in [1.165, 1.54) is 11.0 Å². The number of carboxylic acids is 1. The van der Waals surface area contributed by atoms with Crippen LogP contribution in [0.1, 0.15) is 16.1 Å². The SMILES string of the molecule is CN(Cc1ccccn1)c1ccc(C(=O)O)c(F)c1F. The first-order valence-corrected chi connectivity index (χ1v) is 5.83. The zero-order chi connectivity index (χ0) is 14.7. The smallest absolute Gasteiger partial charge is 0.338 e. The van der Waals surface area contributed by atoms with Gasteiger partial charge >= 0.3 is 5.97 Å². The van der Waals surface area contributed by atoms with Crippen LogP contribution in [0.5, 0.6) is 0 Å². The van der Waals surface area contributed by atoms with Crippen molar-refractivity contribution in [1.29, 1.82) is 0 Å². The molecule has 0 bridgehead atoms. The predicted octanol–water partition coefficient (Wildman–Crippen LogP) is 2.69. The quantitative estimate of drug-likeness (QED) is 0.934. The highest BCUT2D eigenvalue weighted by atomic mass is 19.2. The molecule has 1 aromatic heterocycles. The van der Waals surface area contributed by atoms with Crippen LogP contribution in [-0.2, 0) is 6.54 Å². The maximum Gasteiger partial charge on any atom is 0.338 e. The summed E-state index contributed by atoms with van der Waals surface area (Å²) in [5.41, 5.74) is -0.00671. The van der Waals surface area contributed by atoms with Gasteiger partial charge in [-0.25, -0.2) is 13.6 Å². The molecule has 2 aromatic rings. The Morgan fingerprint density at radius 1 is 1.25 bits per heavy atom. The van der Waals surface area contributed by atoms with Gasteiger partial charge in [-0.05, 0) is 24.3 Å². The van der Waals surface area contributed by atoms with E-state index in [1.807, 2.05) is 0 Å². The molecule has 1 aromatic carbocycles. The molecule has 0 unspecified atom stereocenters. The van der Waals surface area contributed by atoms with Gasteiger partial charge in [0.05, 0.1) is 23.5 Å². The lowest BCUT2D eigenvalue weighted by atomic mass is 10.1. The van der Waals surface area contributed by atoms with E-state index in [9.17, 15) is 13.6 Å². The fraction of sp³-hybridized carbons (Fsp3) is 0.143. The minimum Gasteiger partial charge on any atom is -0.478 e. The van der Waals surface area contributed by atoms with Crippen molar-refractivity contribution in [1.82, 2.24) is 4.98 Å². The van der Waals surface area contributed by atoms with Crippen LogP contribution < -0.4 is 4.90 Å². The fourth-order valence-electron chi connectivity index (χ4n) is 1.82. The molecule has 0 saturated heterocycles. The maximum atomic E-state index is 13.9. The number of carboxylic acid groups (broad SMARTS) is 1. The monoisotopic (exact) mass is 278 g/mol. The predicted molar refractivity (Wildman–Crippen MR) is 69.7 cm³/mol. The van der Waals surface area contributed by atoms with Crippen molar-refractivity contribution >= 4 is 11.7 Å². The summed E-state index contributed by atoms with van der Waals surface area (Å²) in [7, 11) is 1.58. The number of pyridine rings is 1. The maximum absolute atomic E-state index is 13.9. The zero-order valence-electron chi connectivity index (χ0n) is 10.7. The number of nitrogens with zero attached hydrogens (tertiary/aromatic N) is 2. The number of hydrogen-bond donors (Lipinski definition) is 1. The number of aromatic nitrogens is 1. The summed E-state index contributed by atoms with van der Waals surface area (Å²) in [5.74, 6) is -4.04. The van der Waals surface area contributed by atoms with Gasteiger partial charge in [0.25, 0.3) is 0 Å². The van der Waals surface area contributed by atoms with Gasteiger partial charge in [-0.15, -0.1) is 0 Å². The molecule has 20 heavy (non-hydrogen) atoms. The number of anilines is 1. The summed E-state index contributed by atoms with van der Waals surface area (Å²) in [6.45, 7) is 0.281. The lowest BCUT2D eigenvalue weighted by Crippen LogP contribution is -2.19. The summed E-state index contributed by atoms with van der Waals surface area (Å²) >= 11 is 0. The normalized spacial score (nSPS) is 10.3. The largest absolute Gasteiger partial charge is 0.478 e. The molecule has 104 valence electrons. The first-order chi connectivity index (χ1) is 9.50. The number of aromatic carboxylic acids is 1. The summed E-state index contributed by atoms with van der Waals surface area (Å²) in [6, 6.07) is 7.60. The summed E-state index contributed by atoms with van der Waals surface area (Å²) in [5, 5.41) is 8.72. The molecule has 1 heterocycles. The molecule has 0 spiro atoms. The Morgan fingerprint density at radius 3 is 2.60 bits per heavy atom. The van der Waals surface area contributed by atoms with Crippen LogP contribution in [-0.4, -0.2) is 23.1 Å². The van der Waals surface area contributed by atoms with Crippen molar-refractivity contribution in [3.05, 3.63) is 59.4 Å². The zero-order valence-corrected chi connectivity index (χ0v) is 10.7. The summed E-state index contributed by atoms with van der Waals surface area (Å²) in [4.78, 5) is 16.3. The van der Waals surface area contributed by atoms with Crippen LogP contribution >= 0.6 is 0 Å². The van der Waals surface area contributed by atoms with Crippen LogP contribution in [0.4, 0.5) is 14.5 Å². The standard InChI is InChI=1S/C14H12F2N2O2/c1-18(8-9-4-2-3-7-17-9)11-6-5-10(14(19)20)12(15)13(11)16/h2-7H,8H2,1H3,(H,19,20). The molecule has 0 radical (unpaired) electrons. The van der Waals surface area contributed by atoms with Gasteiger partial charge < -0.3 is 10.0 Å². The van der Waals surface area contributed by atoms with E-state index in [-0.39, 0.29) is 12.2 Å². The van der Waals surface area contributed by atoms with E-state index in [2.05, 4.69) is 4.98 Å². The van der Waals surface area contributed by atoms with Gasteiger partial charge in [-0.3, -0.25) is 4.98 Å². The molecule has 0 saturated carbocycles. The van der Waals surface area contributed by atoms with Crippen molar-refractivity contribution in [2.45, 2.75) is 6.54 Å². The van der Waals surface area contributed by atoms with Crippen molar-refractivity contribution in [3.63, 3.8) is 0 Å². The Hall–Kier alpha value is -2.50. The summed E-state index contributed by atoms with van der Waals surface area (Å²) < 4.78 is 27.5. The highest BCUT2D eigenvalue weighted by Gasteiger charge is 2.19. The molecular formula is C14H12F2N2O2. The molecule has 4 nitrogen and oxygen atoms in total. The number of hydrogen-bond acceptors (Lipinski definition) is 3. The molecule has 0 atom stereocenters. The third-order valence-electron chi connectivity index (χ3n) is 2.83. The highest BCUT2D eigenvalue weighted by Crippen LogP contribution is 2.24. The Bertz CT molecular complexity index is 633. The van der Waals surface area contributed by atoms with Gasteiger partial charge in [0, 0.05) is 13.2 Å². The fourth-order valence-corrected chi connectivity index (χ4v) is 1.82. The van der Waals surface area contributed by atoms with Crippen LogP contribution in [0, 0.1) is 11.6 Å². The minimum atomic E-state index is -1.50. The Labute approximate surface area is 114 Å². The van der Waals surface area contributed by atoms with Crippen LogP contribution in [0.25, 0.3) is 0 Å². The Balaban J connectivity index is 2.29. The second-order valence-corrected chi connectivity index (χ2v) is 4.24. The third kappa shape index (κ3) is 2.74. The highest BCUT2D eigenvalue weighted by molar-refractivity contribution is 5.88. The van der Waals surface area contributed by atoms with Gasteiger partial charge in [-0.1, -0.05) is 6.07 Å².